The van der Waals surface area contributed by atoms with Crippen molar-refractivity contribution >= 4 is 26.7 Å². The summed E-state index contributed by atoms with van der Waals surface area (Å²) in [7, 11) is 1.69. The second-order valence-corrected chi connectivity index (χ2v) is 3.66. The molecule has 0 fully saturated rings. The second kappa shape index (κ2) is 3.38. The van der Waals surface area contributed by atoms with E-state index in [1.807, 2.05) is 18.2 Å². The van der Waals surface area contributed by atoms with E-state index in [2.05, 4.69) is 34.1 Å². The Bertz CT molecular complexity index is 437. The number of rotatable bonds is 1. The van der Waals surface area contributed by atoms with Crippen molar-refractivity contribution in [2.24, 2.45) is 0 Å². The molecule has 0 amide bonds. The summed E-state index contributed by atoms with van der Waals surface area (Å²) in [6.07, 6.45) is 0. The Balaban J connectivity index is 2.84. The third kappa shape index (κ3) is 1.42. The van der Waals surface area contributed by atoms with Crippen molar-refractivity contribution in [1.82, 2.24) is 0 Å². The lowest BCUT2D eigenvalue weighted by Gasteiger charge is -2.06. The summed E-state index contributed by atoms with van der Waals surface area (Å²) in [4.78, 5) is 0. The molecule has 0 aliphatic rings. The molecule has 0 aliphatic heterocycles. The second-order valence-electron chi connectivity index (χ2n) is 2.80. The first kappa shape index (κ1) is 8.57. The molecular weight excluding hydrogens is 228 g/mol. The Kier molecular flexibility index (Phi) is 2.23. The van der Waals surface area contributed by atoms with Crippen molar-refractivity contribution < 1.29 is 4.74 Å². The molecule has 0 aromatic heterocycles. The van der Waals surface area contributed by atoms with Crippen LogP contribution in [-0.4, -0.2) is 7.11 Å². The lowest BCUT2D eigenvalue weighted by atomic mass is 10.1. The Hall–Kier alpha value is -1.02. The van der Waals surface area contributed by atoms with Gasteiger partial charge in [0.25, 0.3) is 0 Å². The van der Waals surface area contributed by atoms with Crippen molar-refractivity contribution in [2.75, 3.05) is 7.11 Å². The number of benzene rings is 2. The van der Waals surface area contributed by atoms with E-state index >= 15 is 0 Å². The fraction of sp³-hybridized carbons (Fsp3) is 0.0909. The van der Waals surface area contributed by atoms with Crippen LogP contribution in [0.5, 0.6) is 5.75 Å². The summed E-state index contributed by atoms with van der Waals surface area (Å²) >= 11 is 3.45. The van der Waals surface area contributed by atoms with E-state index in [0.717, 1.165) is 15.6 Å². The molecule has 66 valence electrons. The van der Waals surface area contributed by atoms with Gasteiger partial charge in [-0.25, -0.2) is 0 Å². The van der Waals surface area contributed by atoms with Crippen LogP contribution in [0.25, 0.3) is 10.8 Å². The number of methoxy groups -OCH3 is 1. The van der Waals surface area contributed by atoms with Gasteiger partial charge >= 0.3 is 0 Å². The largest absolute Gasteiger partial charge is 0.495 e. The molecule has 2 rings (SSSR count). The maximum Gasteiger partial charge on any atom is 0.140 e. The molecule has 0 aliphatic carbocycles. The van der Waals surface area contributed by atoms with E-state index < -0.39 is 0 Å². The Morgan fingerprint density at radius 2 is 1.85 bits per heavy atom. The topological polar surface area (TPSA) is 9.23 Å². The van der Waals surface area contributed by atoms with Crippen LogP contribution in [-0.2, 0) is 0 Å². The van der Waals surface area contributed by atoms with Gasteiger partial charge in [-0.1, -0.05) is 30.3 Å². The summed E-state index contributed by atoms with van der Waals surface area (Å²) in [5, 5.41) is 2.34. The number of hydrogen-bond donors (Lipinski definition) is 0. The van der Waals surface area contributed by atoms with Crippen LogP contribution in [0.2, 0.25) is 0 Å². The first-order valence-corrected chi connectivity index (χ1v) is 4.83. The van der Waals surface area contributed by atoms with Crippen molar-refractivity contribution in [3.63, 3.8) is 0 Å². The van der Waals surface area contributed by atoms with Gasteiger partial charge in [-0.05, 0) is 27.4 Å². The highest BCUT2D eigenvalue weighted by Crippen LogP contribution is 2.32. The smallest absolute Gasteiger partial charge is 0.140 e. The van der Waals surface area contributed by atoms with Crippen LogP contribution in [0.1, 0.15) is 0 Å². The predicted molar refractivity (Wildman–Crippen MR) is 58.2 cm³/mol. The minimum atomic E-state index is 0.901. The van der Waals surface area contributed by atoms with E-state index in [0.29, 0.717) is 0 Å². The quantitative estimate of drug-likeness (QED) is 0.736. The van der Waals surface area contributed by atoms with Crippen LogP contribution in [0.3, 0.4) is 0 Å². The number of halogens is 1. The molecule has 0 radical (unpaired) electrons. The van der Waals surface area contributed by atoms with E-state index in [-0.39, 0.29) is 0 Å². The first-order valence-electron chi connectivity index (χ1n) is 4.04. The first-order chi connectivity index (χ1) is 6.33. The maximum atomic E-state index is 5.31. The summed E-state index contributed by atoms with van der Waals surface area (Å²) < 4.78 is 6.31. The normalized spacial score (nSPS) is 10.3. The van der Waals surface area contributed by atoms with Gasteiger partial charge < -0.3 is 4.74 Å². The third-order valence-electron chi connectivity index (χ3n) is 2.04. The van der Waals surface area contributed by atoms with Gasteiger partial charge in [0.05, 0.1) is 11.6 Å². The average molecular weight is 237 g/mol. The van der Waals surface area contributed by atoms with E-state index in [9.17, 15) is 0 Å². The SMILES string of the molecule is COc1c(Br)ccc2ccccc12. The molecule has 0 heterocycles. The zero-order valence-electron chi connectivity index (χ0n) is 7.25. The van der Waals surface area contributed by atoms with Crippen LogP contribution in [0.15, 0.2) is 40.9 Å². The average Bonchev–Trinajstić information content (AvgIpc) is 2.18. The minimum Gasteiger partial charge on any atom is -0.495 e. The number of ether oxygens (including phenoxy) is 1. The summed E-state index contributed by atoms with van der Waals surface area (Å²) in [5.41, 5.74) is 0. The molecule has 2 aromatic carbocycles. The highest BCUT2D eigenvalue weighted by molar-refractivity contribution is 9.10. The van der Waals surface area contributed by atoms with Gasteiger partial charge in [0.15, 0.2) is 0 Å². The van der Waals surface area contributed by atoms with Crippen molar-refractivity contribution in [2.45, 2.75) is 0 Å². The molecule has 2 heteroatoms. The lowest BCUT2D eigenvalue weighted by Crippen LogP contribution is -1.85. The van der Waals surface area contributed by atoms with Gasteiger partial charge in [-0.15, -0.1) is 0 Å². The minimum absolute atomic E-state index is 0.901. The fourth-order valence-corrected chi connectivity index (χ4v) is 1.93. The molecule has 0 spiro atoms. The van der Waals surface area contributed by atoms with E-state index in [4.69, 9.17) is 4.74 Å². The van der Waals surface area contributed by atoms with Gasteiger partial charge in [0.1, 0.15) is 5.75 Å². The summed E-state index contributed by atoms with van der Waals surface area (Å²) in [6, 6.07) is 12.2. The lowest BCUT2D eigenvalue weighted by molar-refractivity contribution is 0.417. The Morgan fingerprint density at radius 1 is 1.08 bits per heavy atom. The highest BCUT2D eigenvalue weighted by atomic mass is 79.9. The van der Waals surface area contributed by atoms with E-state index in [1.54, 1.807) is 7.11 Å². The zero-order chi connectivity index (χ0) is 9.26. The molecule has 0 saturated carbocycles. The van der Waals surface area contributed by atoms with E-state index in [1.165, 1.54) is 5.39 Å². The van der Waals surface area contributed by atoms with Gasteiger partial charge in [-0.2, -0.15) is 0 Å². The molecule has 1 nitrogen and oxygen atoms in total. The Morgan fingerprint density at radius 3 is 2.62 bits per heavy atom. The zero-order valence-corrected chi connectivity index (χ0v) is 8.84. The van der Waals surface area contributed by atoms with Crippen LogP contribution in [0, 0.1) is 0 Å². The van der Waals surface area contributed by atoms with Gasteiger partial charge in [0, 0.05) is 5.39 Å². The van der Waals surface area contributed by atoms with Crippen molar-refractivity contribution in [3.8, 4) is 5.75 Å². The van der Waals surface area contributed by atoms with Gasteiger partial charge in [0.2, 0.25) is 0 Å². The molecule has 0 atom stereocenters. The van der Waals surface area contributed by atoms with Crippen molar-refractivity contribution in [3.05, 3.63) is 40.9 Å². The molecule has 0 bridgehead atoms. The molecule has 0 N–H and O–H groups in total. The maximum absolute atomic E-state index is 5.31. The fourth-order valence-electron chi connectivity index (χ4n) is 1.42. The van der Waals surface area contributed by atoms with Crippen LogP contribution in [0.4, 0.5) is 0 Å². The number of hydrogen-bond acceptors (Lipinski definition) is 1. The predicted octanol–water partition coefficient (Wildman–Crippen LogP) is 3.61. The molecule has 0 saturated heterocycles. The van der Waals surface area contributed by atoms with Gasteiger partial charge in [-0.3, -0.25) is 0 Å². The standard InChI is InChI=1S/C11H9BrO/c1-13-11-9-5-3-2-4-8(9)6-7-10(11)12/h2-7H,1H3. The van der Waals surface area contributed by atoms with Crippen LogP contribution >= 0.6 is 15.9 Å². The highest BCUT2D eigenvalue weighted by Gasteiger charge is 2.03. The molecule has 13 heavy (non-hydrogen) atoms. The Labute approximate surface area is 85.5 Å². The summed E-state index contributed by atoms with van der Waals surface area (Å²) in [5.74, 6) is 0.901. The molecular formula is C11H9BrO. The van der Waals surface area contributed by atoms with Crippen LogP contribution < -0.4 is 4.74 Å². The molecule has 2 aromatic rings. The molecule has 0 unspecified atom stereocenters. The summed E-state index contributed by atoms with van der Waals surface area (Å²) in [6.45, 7) is 0. The van der Waals surface area contributed by atoms with Crippen molar-refractivity contribution in [1.29, 1.82) is 0 Å². The monoisotopic (exact) mass is 236 g/mol. The number of fused-ring (bicyclic) bond motifs is 1. The third-order valence-corrected chi connectivity index (χ3v) is 2.66.